The Hall–Kier alpha value is -3.19. The molecule has 0 fully saturated rings. The molecule has 1 aliphatic rings. The minimum Gasteiger partial charge on any atom is -0.456 e. The second kappa shape index (κ2) is 8.45. The summed E-state index contributed by atoms with van der Waals surface area (Å²) in [4.78, 5) is 48.3. The number of anilines is 1. The van der Waals surface area contributed by atoms with Gasteiger partial charge in [0.15, 0.2) is 12.4 Å². The second-order valence-corrected chi connectivity index (χ2v) is 7.18. The average Bonchev–Trinajstić information content (AvgIpc) is 2.99. The molecule has 0 saturated carbocycles. The maximum absolute atomic E-state index is 12.4. The van der Waals surface area contributed by atoms with Crippen molar-refractivity contribution in [2.75, 3.05) is 11.9 Å². The largest absolute Gasteiger partial charge is 0.456 e. The number of nitrogens with one attached hydrogen (secondary N) is 2. The van der Waals surface area contributed by atoms with Gasteiger partial charge in [-0.15, -0.1) is 0 Å². The number of rotatable bonds is 6. The molecule has 1 heterocycles. The lowest BCUT2D eigenvalue weighted by molar-refractivity contribution is -0.144. The molecule has 8 heteroatoms. The average molecular weight is 415 g/mol. The Morgan fingerprint density at radius 1 is 1.14 bits per heavy atom. The first-order valence-corrected chi connectivity index (χ1v) is 9.35. The third kappa shape index (κ3) is 4.63. The van der Waals surface area contributed by atoms with Crippen molar-refractivity contribution in [3.05, 3.63) is 64.2 Å². The van der Waals surface area contributed by atoms with Gasteiger partial charge in [-0.2, -0.15) is 0 Å². The van der Waals surface area contributed by atoms with E-state index in [0.29, 0.717) is 21.8 Å². The van der Waals surface area contributed by atoms with E-state index < -0.39 is 30.3 Å². The Labute approximate surface area is 172 Å². The van der Waals surface area contributed by atoms with E-state index in [-0.39, 0.29) is 11.8 Å². The van der Waals surface area contributed by atoms with Crippen LogP contribution in [0.25, 0.3) is 0 Å². The zero-order chi connectivity index (χ0) is 21.1. The molecule has 2 amide bonds. The number of benzene rings is 2. The molecule has 2 aromatic carbocycles. The van der Waals surface area contributed by atoms with E-state index >= 15 is 0 Å². The second-order valence-electron chi connectivity index (χ2n) is 6.75. The topological polar surface area (TPSA) is 102 Å². The van der Waals surface area contributed by atoms with Crippen molar-refractivity contribution in [2.24, 2.45) is 0 Å². The van der Waals surface area contributed by atoms with Crippen molar-refractivity contribution < 1.29 is 23.9 Å². The molecular formula is C21H19ClN2O5. The number of Topliss-reactive ketones (excluding diaryl/α,β-unsaturated/α-hetero) is 1. The van der Waals surface area contributed by atoms with Crippen molar-refractivity contribution in [2.45, 2.75) is 25.8 Å². The van der Waals surface area contributed by atoms with Crippen molar-refractivity contribution in [1.29, 1.82) is 0 Å². The Balaban J connectivity index is 1.55. The molecule has 0 aromatic heterocycles. The van der Waals surface area contributed by atoms with Crippen LogP contribution >= 0.6 is 11.6 Å². The van der Waals surface area contributed by atoms with Crippen LogP contribution in [0, 0.1) is 0 Å². The molecule has 150 valence electrons. The summed E-state index contributed by atoms with van der Waals surface area (Å²) in [6, 6.07) is 10.1. The maximum Gasteiger partial charge on any atom is 0.328 e. The van der Waals surface area contributed by atoms with Gasteiger partial charge in [0.05, 0.1) is 5.92 Å². The van der Waals surface area contributed by atoms with Crippen molar-refractivity contribution >= 4 is 40.9 Å². The summed E-state index contributed by atoms with van der Waals surface area (Å²) in [5, 5.41) is 5.73. The van der Waals surface area contributed by atoms with E-state index in [1.54, 1.807) is 37.3 Å². The lowest BCUT2D eigenvalue weighted by atomic mass is 9.99. The summed E-state index contributed by atoms with van der Waals surface area (Å²) in [5.74, 6) is -2.05. The van der Waals surface area contributed by atoms with E-state index in [4.69, 9.17) is 16.3 Å². The summed E-state index contributed by atoms with van der Waals surface area (Å²) < 4.78 is 5.04. The summed E-state index contributed by atoms with van der Waals surface area (Å²) in [5.41, 5.74) is 2.10. The zero-order valence-corrected chi connectivity index (χ0v) is 16.6. The minimum absolute atomic E-state index is 0.124. The molecule has 3 rings (SSSR count). The van der Waals surface area contributed by atoms with Gasteiger partial charge in [-0.1, -0.05) is 11.6 Å². The Morgan fingerprint density at radius 2 is 1.79 bits per heavy atom. The van der Waals surface area contributed by atoms with Gasteiger partial charge in [-0.05, 0) is 61.9 Å². The maximum atomic E-state index is 12.4. The number of carbonyl (C=O) groups excluding carboxylic acids is 4. The molecule has 2 atom stereocenters. The summed E-state index contributed by atoms with van der Waals surface area (Å²) in [7, 11) is 0. The van der Waals surface area contributed by atoms with Gasteiger partial charge in [-0.3, -0.25) is 14.4 Å². The number of ketones is 1. The van der Waals surface area contributed by atoms with Crippen LogP contribution in [0.4, 0.5) is 5.69 Å². The number of esters is 1. The van der Waals surface area contributed by atoms with Crippen LogP contribution in [-0.4, -0.2) is 36.2 Å². The molecular weight excluding hydrogens is 396 g/mol. The third-order valence-electron chi connectivity index (χ3n) is 4.64. The highest BCUT2D eigenvalue weighted by Crippen LogP contribution is 2.32. The van der Waals surface area contributed by atoms with Crippen LogP contribution in [0.5, 0.6) is 0 Å². The molecule has 0 unspecified atom stereocenters. The molecule has 0 bridgehead atoms. The van der Waals surface area contributed by atoms with E-state index in [1.807, 2.05) is 0 Å². The Kier molecular flexibility index (Phi) is 5.98. The molecule has 0 aliphatic carbocycles. The third-order valence-corrected chi connectivity index (χ3v) is 4.90. The minimum atomic E-state index is -0.937. The van der Waals surface area contributed by atoms with Crippen LogP contribution in [0.2, 0.25) is 5.02 Å². The Bertz CT molecular complexity index is 987. The van der Waals surface area contributed by atoms with E-state index in [9.17, 15) is 19.2 Å². The van der Waals surface area contributed by atoms with Gasteiger partial charge in [0.1, 0.15) is 6.04 Å². The first-order valence-electron chi connectivity index (χ1n) is 8.97. The smallest absolute Gasteiger partial charge is 0.328 e. The highest BCUT2D eigenvalue weighted by molar-refractivity contribution is 6.30. The number of hydrogen-bond donors (Lipinski definition) is 2. The van der Waals surface area contributed by atoms with E-state index in [2.05, 4.69) is 10.6 Å². The lowest BCUT2D eigenvalue weighted by Gasteiger charge is -2.13. The standard InChI is InChI=1S/C21H19ClN2O5/c1-11-16-9-14(5-8-17(16)24-19(11)26)18(25)10-29-21(28)12(2)23-20(27)13-3-6-15(22)7-4-13/h3-9,11-12H,10H2,1-2H3,(H,23,27)(H,24,26)/t11-,12-/m0/s1. The number of carbonyl (C=O) groups is 4. The monoisotopic (exact) mass is 414 g/mol. The van der Waals surface area contributed by atoms with Gasteiger partial charge in [0, 0.05) is 21.8 Å². The predicted octanol–water partition coefficient (Wildman–Crippen LogP) is 2.94. The fourth-order valence-electron chi connectivity index (χ4n) is 2.88. The van der Waals surface area contributed by atoms with Crippen LogP contribution in [0.15, 0.2) is 42.5 Å². The molecule has 1 aliphatic heterocycles. The van der Waals surface area contributed by atoms with Crippen LogP contribution in [-0.2, 0) is 14.3 Å². The number of halogens is 1. The molecule has 29 heavy (non-hydrogen) atoms. The summed E-state index contributed by atoms with van der Waals surface area (Å²) in [6.07, 6.45) is 0. The number of hydrogen-bond acceptors (Lipinski definition) is 5. The van der Waals surface area contributed by atoms with Gasteiger partial charge >= 0.3 is 5.97 Å². The van der Waals surface area contributed by atoms with Crippen molar-refractivity contribution in [3.8, 4) is 0 Å². The first-order chi connectivity index (χ1) is 13.8. The molecule has 0 spiro atoms. The van der Waals surface area contributed by atoms with Gasteiger partial charge in [0.25, 0.3) is 5.91 Å². The molecule has 7 nitrogen and oxygen atoms in total. The SMILES string of the molecule is C[C@H](NC(=O)c1ccc(Cl)cc1)C(=O)OCC(=O)c1ccc2c(c1)[C@H](C)C(=O)N2. The summed E-state index contributed by atoms with van der Waals surface area (Å²) >= 11 is 5.78. The molecule has 2 aromatic rings. The van der Waals surface area contributed by atoms with E-state index in [1.165, 1.54) is 19.1 Å². The van der Waals surface area contributed by atoms with Crippen molar-refractivity contribution in [3.63, 3.8) is 0 Å². The van der Waals surface area contributed by atoms with Crippen LogP contribution in [0.1, 0.15) is 46.0 Å². The highest BCUT2D eigenvalue weighted by Gasteiger charge is 2.27. The van der Waals surface area contributed by atoms with Crippen molar-refractivity contribution in [1.82, 2.24) is 5.32 Å². The van der Waals surface area contributed by atoms with Gasteiger partial charge in [0.2, 0.25) is 5.91 Å². The normalized spacial score (nSPS) is 15.8. The molecule has 0 saturated heterocycles. The molecule has 0 radical (unpaired) electrons. The first kappa shape index (κ1) is 20.5. The van der Waals surface area contributed by atoms with Crippen LogP contribution in [0.3, 0.4) is 0 Å². The highest BCUT2D eigenvalue weighted by atomic mass is 35.5. The quantitative estimate of drug-likeness (QED) is 0.559. The Morgan fingerprint density at radius 3 is 2.48 bits per heavy atom. The number of fused-ring (bicyclic) bond motifs is 1. The predicted molar refractivity (Wildman–Crippen MR) is 107 cm³/mol. The van der Waals surface area contributed by atoms with Gasteiger partial charge < -0.3 is 15.4 Å². The number of amides is 2. The van der Waals surface area contributed by atoms with Gasteiger partial charge in [-0.25, -0.2) is 4.79 Å². The summed E-state index contributed by atoms with van der Waals surface area (Å²) in [6.45, 7) is 2.75. The lowest BCUT2D eigenvalue weighted by Crippen LogP contribution is -2.40. The zero-order valence-electron chi connectivity index (χ0n) is 15.8. The number of ether oxygens (including phenoxy) is 1. The van der Waals surface area contributed by atoms with E-state index in [0.717, 1.165) is 5.56 Å². The van der Waals surface area contributed by atoms with Crippen LogP contribution < -0.4 is 10.6 Å². The fraction of sp³-hybridized carbons (Fsp3) is 0.238. The fourth-order valence-corrected chi connectivity index (χ4v) is 3.00. The molecule has 2 N–H and O–H groups in total.